The highest BCUT2D eigenvalue weighted by atomic mass is 16.7. The molecule has 0 N–H and O–H groups in total. The lowest BCUT2D eigenvalue weighted by Gasteiger charge is -2.59. The molecule has 2 heteroatoms. The van der Waals surface area contributed by atoms with Crippen LogP contribution >= 0.6 is 0 Å². The van der Waals surface area contributed by atoms with E-state index < -0.39 is 0 Å². The number of allylic oxidation sites excluding steroid dienone is 1. The molecule has 1 unspecified atom stereocenters. The van der Waals surface area contributed by atoms with E-state index in [1.807, 2.05) is 0 Å². The van der Waals surface area contributed by atoms with Gasteiger partial charge >= 0.3 is 0 Å². The Hall–Kier alpha value is -0.340. The second-order valence-corrected chi connectivity index (χ2v) is 12.7. The topological polar surface area (TPSA) is 18.5 Å². The quantitative estimate of drug-likeness (QED) is 0.287. The Morgan fingerprint density at radius 3 is 2.52 bits per heavy atom. The molecule has 0 amide bonds. The van der Waals surface area contributed by atoms with E-state index in [-0.39, 0.29) is 6.10 Å². The number of ether oxygens (including phenoxy) is 2. The van der Waals surface area contributed by atoms with E-state index in [0.29, 0.717) is 17.6 Å². The predicted molar refractivity (Wildman–Crippen MR) is 130 cm³/mol. The third-order valence-electron chi connectivity index (χ3n) is 10.7. The maximum absolute atomic E-state index is 5.94. The van der Waals surface area contributed by atoms with E-state index in [1.54, 1.807) is 12.7 Å². The SMILES string of the molecule is COCOC1C=C2CC[C@H]3[C@@H]4CC[C@H]([C@H](C)CCCC(C)C)[C@@]4(C)CC[C@@H]3[C@@]2(C)CC1. The summed E-state index contributed by atoms with van der Waals surface area (Å²) >= 11 is 0. The van der Waals surface area contributed by atoms with Crippen LogP contribution < -0.4 is 0 Å². The number of hydrogen-bond donors (Lipinski definition) is 0. The minimum absolute atomic E-state index is 0.274. The fraction of sp³-hybridized carbons (Fsp3) is 0.931. The summed E-state index contributed by atoms with van der Waals surface area (Å²) in [6.07, 6.45) is 18.2. The Morgan fingerprint density at radius 2 is 1.77 bits per heavy atom. The van der Waals surface area contributed by atoms with Gasteiger partial charge in [-0.15, -0.1) is 0 Å². The molecule has 4 aliphatic carbocycles. The van der Waals surface area contributed by atoms with Gasteiger partial charge in [0.05, 0.1) is 6.10 Å². The van der Waals surface area contributed by atoms with Crippen molar-refractivity contribution in [1.82, 2.24) is 0 Å². The van der Waals surface area contributed by atoms with Crippen molar-refractivity contribution >= 4 is 0 Å². The summed E-state index contributed by atoms with van der Waals surface area (Å²) in [6, 6.07) is 0. The molecular weight excluding hydrogens is 380 g/mol. The van der Waals surface area contributed by atoms with Crippen molar-refractivity contribution < 1.29 is 9.47 Å². The lowest BCUT2D eigenvalue weighted by molar-refractivity contribution is -0.0837. The van der Waals surface area contributed by atoms with Gasteiger partial charge < -0.3 is 9.47 Å². The van der Waals surface area contributed by atoms with E-state index in [2.05, 4.69) is 40.7 Å². The molecule has 31 heavy (non-hydrogen) atoms. The number of fused-ring (bicyclic) bond motifs is 5. The van der Waals surface area contributed by atoms with Gasteiger partial charge in [0.15, 0.2) is 0 Å². The summed E-state index contributed by atoms with van der Waals surface area (Å²) in [5.41, 5.74) is 2.76. The Morgan fingerprint density at radius 1 is 0.968 bits per heavy atom. The van der Waals surface area contributed by atoms with E-state index in [9.17, 15) is 0 Å². The third-order valence-corrected chi connectivity index (χ3v) is 10.7. The van der Waals surface area contributed by atoms with Gasteiger partial charge in [-0.1, -0.05) is 65.5 Å². The van der Waals surface area contributed by atoms with Crippen molar-refractivity contribution in [2.45, 2.75) is 111 Å². The van der Waals surface area contributed by atoms with Crippen LogP contribution in [-0.2, 0) is 9.47 Å². The van der Waals surface area contributed by atoms with Crippen LogP contribution in [0.5, 0.6) is 0 Å². The van der Waals surface area contributed by atoms with E-state index in [1.165, 1.54) is 70.6 Å². The van der Waals surface area contributed by atoms with Gasteiger partial charge in [-0.3, -0.25) is 0 Å². The molecule has 8 atom stereocenters. The molecular formula is C29H50O2. The Kier molecular flexibility index (Phi) is 7.29. The fourth-order valence-electron chi connectivity index (χ4n) is 9.01. The molecule has 0 aromatic carbocycles. The van der Waals surface area contributed by atoms with Gasteiger partial charge in [0.1, 0.15) is 6.79 Å². The Bertz CT molecular complexity index is 639. The average Bonchev–Trinajstić information content (AvgIpc) is 3.09. The molecule has 0 aromatic rings. The van der Waals surface area contributed by atoms with E-state index >= 15 is 0 Å². The summed E-state index contributed by atoms with van der Waals surface area (Å²) < 4.78 is 11.1. The molecule has 0 bridgehead atoms. The van der Waals surface area contributed by atoms with Crippen LogP contribution in [0.1, 0.15) is 105 Å². The molecule has 178 valence electrons. The first-order valence-corrected chi connectivity index (χ1v) is 13.6. The Balaban J connectivity index is 1.45. The molecule has 4 rings (SSSR count). The minimum atomic E-state index is 0.274. The molecule has 0 saturated heterocycles. The number of hydrogen-bond acceptors (Lipinski definition) is 2. The van der Waals surface area contributed by atoms with Gasteiger partial charge in [0.2, 0.25) is 0 Å². The number of rotatable bonds is 8. The van der Waals surface area contributed by atoms with Crippen LogP contribution in [0.25, 0.3) is 0 Å². The molecule has 0 radical (unpaired) electrons. The van der Waals surface area contributed by atoms with Crippen molar-refractivity contribution in [3.8, 4) is 0 Å². The van der Waals surface area contributed by atoms with Crippen LogP contribution in [0.15, 0.2) is 11.6 Å². The van der Waals surface area contributed by atoms with Crippen LogP contribution in [0, 0.1) is 46.3 Å². The normalized spacial score (nSPS) is 43.2. The highest BCUT2D eigenvalue weighted by molar-refractivity contribution is 5.25. The second kappa shape index (κ2) is 9.49. The summed E-state index contributed by atoms with van der Waals surface area (Å²) in [5.74, 6) is 5.58. The van der Waals surface area contributed by atoms with Crippen molar-refractivity contribution in [3.05, 3.63) is 11.6 Å². The van der Waals surface area contributed by atoms with Gasteiger partial charge in [0, 0.05) is 7.11 Å². The van der Waals surface area contributed by atoms with Gasteiger partial charge in [0.25, 0.3) is 0 Å². The van der Waals surface area contributed by atoms with Crippen molar-refractivity contribution in [3.63, 3.8) is 0 Å². The average molecular weight is 431 g/mol. The zero-order valence-corrected chi connectivity index (χ0v) is 21.4. The van der Waals surface area contributed by atoms with Crippen molar-refractivity contribution in [2.75, 3.05) is 13.9 Å². The third kappa shape index (κ3) is 4.42. The lowest BCUT2D eigenvalue weighted by atomic mass is 9.46. The summed E-state index contributed by atoms with van der Waals surface area (Å²) in [6.45, 7) is 13.1. The summed E-state index contributed by atoms with van der Waals surface area (Å²) in [7, 11) is 1.73. The standard InChI is InChI=1S/C29H50O2/c1-20(2)8-7-9-21(3)25-12-13-26-24-11-10-22-18-23(31-19-30-6)14-16-28(22,4)27(24)15-17-29(25,26)5/h18,20-21,23-27H,7-17,19H2,1-6H3/t21-,23?,24+,25-,26+,27+,28+,29-/m1/s1. The summed E-state index contributed by atoms with van der Waals surface area (Å²) in [4.78, 5) is 0. The molecule has 2 nitrogen and oxygen atoms in total. The molecule has 0 spiro atoms. The maximum atomic E-state index is 5.94. The predicted octanol–water partition coefficient (Wildman–Crippen LogP) is 8.02. The molecule has 3 saturated carbocycles. The van der Waals surface area contributed by atoms with Crippen LogP contribution in [0.2, 0.25) is 0 Å². The van der Waals surface area contributed by atoms with E-state index in [4.69, 9.17) is 9.47 Å². The first-order chi connectivity index (χ1) is 14.8. The van der Waals surface area contributed by atoms with Crippen LogP contribution in [0.3, 0.4) is 0 Å². The Labute approximate surface area is 192 Å². The lowest BCUT2D eigenvalue weighted by Crippen LogP contribution is -2.51. The highest BCUT2D eigenvalue weighted by Gasteiger charge is 2.59. The smallest absolute Gasteiger partial charge is 0.147 e. The fourth-order valence-corrected chi connectivity index (χ4v) is 9.01. The van der Waals surface area contributed by atoms with Gasteiger partial charge in [-0.05, 0) is 97.7 Å². The zero-order chi connectivity index (χ0) is 22.2. The molecule has 4 aliphatic rings. The van der Waals surface area contributed by atoms with Crippen LogP contribution in [-0.4, -0.2) is 20.0 Å². The van der Waals surface area contributed by atoms with Crippen molar-refractivity contribution in [1.29, 1.82) is 0 Å². The molecule has 3 fully saturated rings. The molecule has 0 aliphatic heterocycles. The highest BCUT2D eigenvalue weighted by Crippen LogP contribution is 2.67. The van der Waals surface area contributed by atoms with Gasteiger partial charge in [-0.2, -0.15) is 0 Å². The van der Waals surface area contributed by atoms with E-state index in [0.717, 1.165) is 35.5 Å². The largest absolute Gasteiger partial charge is 0.359 e. The molecule has 0 heterocycles. The summed E-state index contributed by atoms with van der Waals surface area (Å²) in [5, 5.41) is 0. The van der Waals surface area contributed by atoms with Crippen molar-refractivity contribution in [2.24, 2.45) is 46.3 Å². The minimum Gasteiger partial charge on any atom is -0.359 e. The first-order valence-electron chi connectivity index (χ1n) is 13.6. The monoisotopic (exact) mass is 430 g/mol. The second-order valence-electron chi connectivity index (χ2n) is 12.7. The maximum Gasteiger partial charge on any atom is 0.147 e. The first kappa shape index (κ1) is 23.8. The number of methoxy groups -OCH3 is 1. The zero-order valence-electron chi connectivity index (χ0n) is 21.4. The molecule has 0 aromatic heterocycles. The van der Waals surface area contributed by atoms with Gasteiger partial charge in [-0.25, -0.2) is 0 Å². The van der Waals surface area contributed by atoms with Crippen LogP contribution in [0.4, 0.5) is 0 Å².